The molecular weight excluding hydrogens is 316 g/mol. The Kier molecular flexibility index (Phi) is 4.14. The highest BCUT2D eigenvalue weighted by atomic mass is 16.5. The number of nitrogens with zero attached hydrogens (tertiary/aromatic N) is 2. The van der Waals surface area contributed by atoms with Gasteiger partial charge in [-0.1, -0.05) is 35.5 Å². The highest BCUT2D eigenvalue weighted by Crippen LogP contribution is 2.39. The second-order valence-electron chi connectivity index (χ2n) is 6.49. The third-order valence-corrected chi connectivity index (χ3v) is 4.51. The minimum atomic E-state index is -0.110. The topological polar surface area (TPSA) is 57.3 Å². The van der Waals surface area contributed by atoms with Crippen molar-refractivity contribution in [3.63, 3.8) is 0 Å². The Labute approximate surface area is 145 Å². The van der Waals surface area contributed by atoms with Gasteiger partial charge in [-0.2, -0.15) is 0 Å². The van der Waals surface area contributed by atoms with Crippen LogP contribution >= 0.6 is 0 Å². The summed E-state index contributed by atoms with van der Waals surface area (Å²) >= 11 is 0. The van der Waals surface area contributed by atoms with Gasteiger partial charge in [-0.05, 0) is 25.3 Å². The van der Waals surface area contributed by atoms with Crippen molar-refractivity contribution in [2.75, 3.05) is 0 Å². The lowest BCUT2D eigenvalue weighted by atomic mass is 10.2. The first kappa shape index (κ1) is 15.7. The molecule has 0 N–H and O–H groups in total. The summed E-state index contributed by atoms with van der Waals surface area (Å²) in [6.45, 7) is 2.79. The van der Waals surface area contributed by atoms with E-state index in [4.69, 9.17) is 9.26 Å². The molecule has 5 heteroatoms. The van der Waals surface area contributed by atoms with Gasteiger partial charge in [0.1, 0.15) is 6.61 Å². The van der Waals surface area contributed by atoms with Crippen LogP contribution < -0.4 is 10.2 Å². The van der Waals surface area contributed by atoms with E-state index >= 15 is 0 Å². The van der Waals surface area contributed by atoms with Crippen LogP contribution in [0.5, 0.6) is 5.75 Å². The zero-order valence-electron chi connectivity index (χ0n) is 14.1. The van der Waals surface area contributed by atoms with E-state index in [9.17, 15) is 4.79 Å². The van der Waals surface area contributed by atoms with Crippen LogP contribution in [0.2, 0.25) is 0 Å². The van der Waals surface area contributed by atoms with Crippen molar-refractivity contribution < 1.29 is 9.26 Å². The molecule has 0 unspecified atom stereocenters. The van der Waals surface area contributed by atoms with Crippen LogP contribution in [0.15, 0.2) is 58.0 Å². The molecule has 2 heterocycles. The van der Waals surface area contributed by atoms with Crippen LogP contribution in [-0.4, -0.2) is 9.72 Å². The largest absolute Gasteiger partial charge is 0.483 e. The van der Waals surface area contributed by atoms with Crippen molar-refractivity contribution in [1.82, 2.24) is 9.72 Å². The molecule has 1 aromatic carbocycles. The highest BCUT2D eigenvalue weighted by Gasteiger charge is 2.27. The second-order valence-corrected chi connectivity index (χ2v) is 6.49. The lowest BCUT2D eigenvalue weighted by molar-refractivity contribution is 0.296. The van der Waals surface area contributed by atoms with E-state index in [2.05, 4.69) is 5.16 Å². The first-order chi connectivity index (χ1) is 12.2. The Bertz CT molecular complexity index is 924. The van der Waals surface area contributed by atoms with Crippen LogP contribution in [0, 0.1) is 6.92 Å². The number of benzene rings is 1. The van der Waals surface area contributed by atoms with E-state index in [0.29, 0.717) is 24.8 Å². The molecule has 0 amide bonds. The number of hydrogen-bond donors (Lipinski definition) is 0. The van der Waals surface area contributed by atoms with Crippen LogP contribution in [0.3, 0.4) is 0 Å². The summed E-state index contributed by atoms with van der Waals surface area (Å²) < 4.78 is 13.2. The normalized spacial score (nSPS) is 13.8. The molecule has 128 valence electrons. The molecule has 25 heavy (non-hydrogen) atoms. The fraction of sp³-hybridized carbons (Fsp3) is 0.300. The molecule has 0 atom stereocenters. The quantitative estimate of drug-likeness (QED) is 0.689. The van der Waals surface area contributed by atoms with E-state index < -0.39 is 0 Å². The van der Waals surface area contributed by atoms with Gasteiger partial charge in [-0.15, -0.1) is 0 Å². The van der Waals surface area contributed by atoms with Gasteiger partial charge in [-0.25, -0.2) is 0 Å². The van der Waals surface area contributed by atoms with Crippen molar-refractivity contribution in [3.05, 3.63) is 81.6 Å². The standard InChI is InChI=1S/C20H20N2O3/c1-14-20(24-13-15-5-3-2-4-6-15)19(23)9-10-22(14)12-17-11-18(21-25-17)16-7-8-16/h2-6,9-11,16H,7-8,12-13H2,1H3. The molecule has 0 saturated heterocycles. The molecule has 0 radical (unpaired) electrons. The third kappa shape index (κ3) is 3.50. The molecule has 1 saturated carbocycles. The van der Waals surface area contributed by atoms with Crippen molar-refractivity contribution in [2.45, 2.75) is 38.8 Å². The predicted octanol–water partition coefficient (Wildman–Crippen LogP) is 3.65. The summed E-state index contributed by atoms with van der Waals surface area (Å²) in [6, 6.07) is 13.4. The van der Waals surface area contributed by atoms with Gasteiger partial charge in [0, 0.05) is 24.2 Å². The number of pyridine rings is 1. The summed E-state index contributed by atoms with van der Waals surface area (Å²) in [6.07, 6.45) is 4.16. The Morgan fingerprint density at radius 1 is 1.24 bits per heavy atom. The van der Waals surface area contributed by atoms with Crippen molar-refractivity contribution in [3.8, 4) is 5.75 Å². The molecule has 4 rings (SSSR count). The maximum absolute atomic E-state index is 12.2. The van der Waals surface area contributed by atoms with Crippen LogP contribution in [-0.2, 0) is 13.2 Å². The summed E-state index contributed by atoms with van der Waals surface area (Å²) in [5.41, 5.74) is 2.74. The first-order valence-electron chi connectivity index (χ1n) is 8.53. The van der Waals surface area contributed by atoms with Gasteiger partial charge in [0.15, 0.2) is 11.5 Å². The molecule has 1 fully saturated rings. The summed E-state index contributed by atoms with van der Waals surface area (Å²) in [7, 11) is 0. The molecule has 0 aliphatic heterocycles. The minimum Gasteiger partial charge on any atom is -0.483 e. The van der Waals surface area contributed by atoms with Gasteiger partial charge in [0.25, 0.3) is 0 Å². The van der Waals surface area contributed by atoms with Crippen molar-refractivity contribution in [2.24, 2.45) is 0 Å². The average Bonchev–Trinajstić information content (AvgIpc) is 3.38. The van der Waals surface area contributed by atoms with E-state index in [1.54, 1.807) is 6.20 Å². The molecule has 5 nitrogen and oxygen atoms in total. The van der Waals surface area contributed by atoms with Crippen molar-refractivity contribution >= 4 is 0 Å². The number of hydrogen-bond acceptors (Lipinski definition) is 4. The van der Waals surface area contributed by atoms with E-state index in [1.165, 1.54) is 18.9 Å². The Morgan fingerprint density at radius 3 is 2.80 bits per heavy atom. The molecular formula is C20H20N2O3. The molecule has 2 aromatic heterocycles. The third-order valence-electron chi connectivity index (χ3n) is 4.51. The van der Waals surface area contributed by atoms with E-state index in [0.717, 1.165) is 22.7 Å². The van der Waals surface area contributed by atoms with Gasteiger partial charge in [0.2, 0.25) is 5.43 Å². The SMILES string of the molecule is Cc1c(OCc2ccccc2)c(=O)ccn1Cc1cc(C2CC2)no1. The maximum atomic E-state index is 12.2. The van der Waals surface area contributed by atoms with Gasteiger partial charge in [0.05, 0.1) is 17.9 Å². The lowest BCUT2D eigenvalue weighted by Crippen LogP contribution is -2.15. The highest BCUT2D eigenvalue weighted by molar-refractivity contribution is 5.28. The van der Waals surface area contributed by atoms with Gasteiger partial charge in [-0.3, -0.25) is 4.79 Å². The molecule has 0 spiro atoms. The fourth-order valence-corrected chi connectivity index (χ4v) is 2.87. The molecule has 3 aromatic rings. The predicted molar refractivity (Wildman–Crippen MR) is 93.8 cm³/mol. The lowest BCUT2D eigenvalue weighted by Gasteiger charge is -2.13. The Hall–Kier alpha value is -2.82. The first-order valence-corrected chi connectivity index (χ1v) is 8.53. The maximum Gasteiger partial charge on any atom is 0.223 e. The van der Waals surface area contributed by atoms with Crippen molar-refractivity contribution in [1.29, 1.82) is 0 Å². The summed E-state index contributed by atoms with van der Waals surface area (Å²) in [5, 5.41) is 4.14. The molecule has 1 aliphatic carbocycles. The average molecular weight is 336 g/mol. The summed E-state index contributed by atoms with van der Waals surface area (Å²) in [4.78, 5) is 12.2. The zero-order valence-corrected chi connectivity index (χ0v) is 14.1. The molecule has 1 aliphatic rings. The second kappa shape index (κ2) is 6.59. The number of ether oxygens (including phenoxy) is 1. The van der Waals surface area contributed by atoms with Crippen LogP contribution in [0.1, 0.15) is 41.5 Å². The Morgan fingerprint density at radius 2 is 2.04 bits per heavy atom. The summed E-state index contributed by atoms with van der Waals surface area (Å²) in [5.74, 6) is 1.74. The van der Waals surface area contributed by atoms with Gasteiger partial charge < -0.3 is 13.8 Å². The smallest absolute Gasteiger partial charge is 0.223 e. The monoisotopic (exact) mass is 336 g/mol. The van der Waals surface area contributed by atoms with E-state index in [-0.39, 0.29) is 5.43 Å². The van der Waals surface area contributed by atoms with Crippen LogP contribution in [0.25, 0.3) is 0 Å². The number of rotatable bonds is 6. The minimum absolute atomic E-state index is 0.110. The molecule has 0 bridgehead atoms. The van der Waals surface area contributed by atoms with E-state index in [1.807, 2.05) is 47.9 Å². The fourth-order valence-electron chi connectivity index (χ4n) is 2.87. The zero-order chi connectivity index (χ0) is 17.2. The van der Waals surface area contributed by atoms with Gasteiger partial charge >= 0.3 is 0 Å². The van der Waals surface area contributed by atoms with Crippen LogP contribution in [0.4, 0.5) is 0 Å². The Balaban J connectivity index is 1.53. The number of aromatic nitrogens is 2.